The standard InChI is InChI=1S/C21H25N3O4/c1-4-16-5-9-18(10-6-16)22-20(25)13-15(2)23-24-21(26)28-14-17-7-11-19(27-3)12-8-17/h5-12H,4,13-14H2,1-3H3,(H,22,25)(H,24,26)/b23-15+. The highest BCUT2D eigenvalue weighted by Crippen LogP contribution is 2.12. The summed E-state index contributed by atoms with van der Waals surface area (Å²) >= 11 is 0. The van der Waals surface area contributed by atoms with E-state index >= 15 is 0 Å². The Morgan fingerprint density at radius 2 is 1.64 bits per heavy atom. The SMILES string of the molecule is CCc1ccc(NC(=O)C/C(C)=N/NC(=O)OCc2ccc(OC)cc2)cc1. The Bertz CT molecular complexity index is 815. The maximum absolute atomic E-state index is 12.0. The zero-order valence-corrected chi connectivity index (χ0v) is 16.3. The molecule has 0 bridgehead atoms. The predicted molar refractivity (Wildman–Crippen MR) is 108 cm³/mol. The topological polar surface area (TPSA) is 89.0 Å². The largest absolute Gasteiger partial charge is 0.497 e. The third kappa shape index (κ3) is 7.11. The molecule has 0 aromatic heterocycles. The second-order valence-electron chi connectivity index (χ2n) is 6.16. The fourth-order valence-electron chi connectivity index (χ4n) is 2.34. The molecule has 2 amide bonds. The molecule has 0 saturated heterocycles. The van der Waals surface area contributed by atoms with Gasteiger partial charge in [-0.1, -0.05) is 31.2 Å². The first kappa shape index (κ1) is 21.0. The number of rotatable bonds is 8. The van der Waals surface area contributed by atoms with Gasteiger partial charge in [0.05, 0.1) is 13.5 Å². The summed E-state index contributed by atoms with van der Waals surface area (Å²) in [6, 6.07) is 14.8. The third-order valence-electron chi connectivity index (χ3n) is 3.93. The molecular weight excluding hydrogens is 358 g/mol. The molecular formula is C21H25N3O4. The van der Waals surface area contributed by atoms with Gasteiger partial charge in [0.1, 0.15) is 12.4 Å². The van der Waals surface area contributed by atoms with Crippen molar-refractivity contribution >= 4 is 23.4 Å². The second-order valence-corrected chi connectivity index (χ2v) is 6.16. The Morgan fingerprint density at radius 3 is 2.25 bits per heavy atom. The van der Waals surface area contributed by atoms with Crippen LogP contribution in [0.15, 0.2) is 53.6 Å². The summed E-state index contributed by atoms with van der Waals surface area (Å²) in [5.74, 6) is 0.520. The molecule has 0 aliphatic carbocycles. The highest BCUT2D eigenvalue weighted by Gasteiger charge is 2.06. The van der Waals surface area contributed by atoms with E-state index in [2.05, 4.69) is 22.8 Å². The molecule has 0 fully saturated rings. The Labute approximate surface area is 164 Å². The van der Waals surface area contributed by atoms with Crippen LogP contribution in [-0.4, -0.2) is 24.8 Å². The van der Waals surface area contributed by atoms with E-state index in [-0.39, 0.29) is 18.9 Å². The minimum Gasteiger partial charge on any atom is -0.497 e. The van der Waals surface area contributed by atoms with Crippen LogP contribution in [0.2, 0.25) is 0 Å². The second kappa shape index (κ2) is 10.7. The smallest absolute Gasteiger partial charge is 0.428 e. The van der Waals surface area contributed by atoms with Crippen molar-refractivity contribution in [2.45, 2.75) is 33.3 Å². The number of aryl methyl sites for hydroxylation is 1. The number of anilines is 1. The number of carbonyl (C=O) groups is 2. The molecule has 0 spiro atoms. The lowest BCUT2D eigenvalue weighted by Gasteiger charge is -2.07. The molecule has 2 N–H and O–H groups in total. The van der Waals surface area contributed by atoms with Crippen molar-refractivity contribution in [3.05, 3.63) is 59.7 Å². The molecule has 0 atom stereocenters. The molecule has 7 heteroatoms. The van der Waals surface area contributed by atoms with Crippen molar-refractivity contribution in [2.75, 3.05) is 12.4 Å². The molecule has 2 aromatic rings. The van der Waals surface area contributed by atoms with Crippen LogP contribution in [0.5, 0.6) is 5.75 Å². The average molecular weight is 383 g/mol. The highest BCUT2D eigenvalue weighted by atomic mass is 16.6. The van der Waals surface area contributed by atoms with Crippen LogP contribution in [0.3, 0.4) is 0 Å². The van der Waals surface area contributed by atoms with E-state index in [4.69, 9.17) is 9.47 Å². The van der Waals surface area contributed by atoms with Crippen LogP contribution < -0.4 is 15.5 Å². The van der Waals surface area contributed by atoms with Gasteiger partial charge in [0.2, 0.25) is 5.91 Å². The normalized spacial score (nSPS) is 10.9. The van der Waals surface area contributed by atoms with Gasteiger partial charge in [-0.3, -0.25) is 4.79 Å². The first-order chi connectivity index (χ1) is 13.5. The number of nitrogens with zero attached hydrogens (tertiary/aromatic N) is 1. The lowest BCUT2D eigenvalue weighted by atomic mass is 10.1. The summed E-state index contributed by atoms with van der Waals surface area (Å²) < 4.78 is 10.1. The fourth-order valence-corrected chi connectivity index (χ4v) is 2.34. The average Bonchev–Trinajstić information content (AvgIpc) is 2.71. The van der Waals surface area contributed by atoms with Gasteiger partial charge in [0, 0.05) is 11.4 Å². The van der Waals surface area contributed by atoms with E-state index in [1.165, 1.54) is 5.56 Å². The number of hydrazone groups is 1. The number of hydrogen-bond acceptors (Lipinski definition) is 5. The van der Waals surface area contributed by atoms with Gasteiger partial charge in [-0.15, -0.1) is 0 Å². The molecule has 2 aromatic carbocycles. The maximum Gasteiger partial charge on any atom is 0.428 e. The van der Waals surface area contributed by atoms with Crippen molar-refractivity contribution in [3.8, 4) is 5.75 Å². The molecule has 0 saturated carbocycles. The molecule has 0 heterocycles. The number of carbonyl (C=O) groups excluding carboxylic acids is 2. The Hall–Kier alpha value is -3.35. The quantitative estimate of drug-likeness (QED) is 0.535. The lowest BCUT2D eigenvalue weighted by molar-refractivity contribution is -0.115. The van der Waals surface area contributed by atoms with E-state index in [1.807, 2.05) is 24.3 Å². The zero-order valence-electron chi connectivity index (χ0n) is 16.3. The van der Waals surface area contributed by atoms with Crippen LogP contribution in [0.4, 0.5) is 10.5 Å². The number of hydrogen-bond donors (Lipinski definition) is 2. The van der Waals surface area contributed by atoms with Gasteiger partial charge in [-0.25, -0.2) is 10.2 Å². The molecule has 7 nitrogen and oxygen atoms in total. The zero-order chi connectivity index (χ0) is 20.4. The van der Waals surface area contributed by atoms with Gasteiger partial charge < -0.3 is 14.8 Å². The van der Waals surface area contributed by atoms with Crippen LogP contribution in [0.1, 0.15) is 31.4 Å². The fraction of sp³-hybridized carbons (Fsp3) is 0.286. The number of amides is 2. The highest BCUT2D eigenvalue weighted by molar-refractivity contribution is 6.05. The van der Waals surface area contributed by atoms with E-state index in [9.17, 15) is 9.59 Å². The molecule has 0 unspecified atom stereocenters. The van der Waals surface area contributed by atoms with E-state index in [1.54, 1.807) is 38.3 Å². The van der Waals surface area contributed by atoms with Gasteiger partial charge in [0.25, 0.3) is 0 Å². The molecule has 148 valence electrons. The van der Waals surface area contributed by atoms with Gasteiger partial charge in [-0.05, 0) is 48.7 Å². The summed E-state index contributed by atoms with van der Waals surface area (Å²) in [6.07, 6.45) is 0.319. The van der Waals surface area contributed by atoms with E-state index < -0.39 is 6.09 Å². The molecule has 0 radical (unpaired) electrons. The maximum atomic E-state index is 12.0. The summed E-state index contributed by atoms with van der Waals surface area (Å²) in [7, 11) is 1.58. The molecule has 0 aliphatic rings. The first-order valence-corrected chi connectivity index (χ1v) is 8.97. The minimum atomic E-state index is -0.689. The Balaban J connectivity index is 1.73. The van der Waals surface area contributed by atoms with Crippen molar-refractivity contribution < 1.29 is 19.1 Å². The van der Waals surface area contributed by atoms with Crippen molar-refractivity contribution in [1.29, 1.82) is 0 Å². The third-order valence-corrected chi connectivity index (χ3v) is 3.93. The van der Waals surface area contributed by atoms with Crippen molar-refractivity contribution in [2.24, 2.45) is 5.10 Å². The van der Waals surface area contributed by atoms with Crippen molar-refractivity contribution in [3.63, 3.8) is 0 Å². The summed E-state index contributed by atoms with van der Waals surface area (Å²) in [6.45, 7) is 3.84. The number of nitrogens with one attached hydrogen (secondary N) is 2. The molecule has 28 heavy (non-hydrogen) atoms. The number of methoxy groups -OCH3 is 1. The van der Waals surface area contributed by atoms with Gasteiger partial charge >= 0.3 is 6.09 Å². The van der Waals surface area contributed by atoms with Gasteiger partial charge in [-0.2, -0.15) is 5.10 Å². The predicted octanol–water partition coefficient (Wildman–Crippen LogP) is 3.89. The van der Waals surface area contributed by atoms with Gasteiger partial charge in [0.15, 0.2) is 0 Å². The lowest BCUT2D eigenvalue weighted by Crippen LogP contribution is -2.22. The van der Waals surface area contributed by atoms with Crippen LogP contribution in [0.25, 0.3) is 0 Å². The Kier molecular flexibility index (Phi) is 8.02. The summed E-state index contributed by atoms with van der Waals surface area (Å²) in [5, 5.41) is 6.68. The van der Waals surface area contributed by atoms with E-state index in [0.717, 1.165) is 23.4 Å². The van der Waals surface area contributed by atoms with Crippen molar-refractivity contribution in [1.82, 2.24) is 5.43 Å². The first-order valence-electron chi connectivity index (χ1n) is 8.97. The summed E-state index contributed by atoms with van der Waals surface area (Å²) in [4.78, 5) is 23.8. The molecule has 2 rings (SSSR count). The summed E-state index contributed by atoms with van der Waals surface area (Å²) in [5.41, 5.74) is 5.49. The minimum absolute atomic E-state index is 0.0638. The van der Waals surface area contributed by atoms with Crippen LogP contribution >= 0.6 is 0 Å². The van der Waals surface area contributed by atoms with Crippen LogP contribution in [-0.2, 0) is 22.6 Å². The number of ether oxygens (including phenoxy) is 2. The number of benzene rings is 2. The van der Waals surface area contributed by atoms with E-state index in [0.29, 0.717) is 5.71 Å². The van der Waals surface area contributed by atoms with Crippen LogP contribution in [0, 0.1) is 0 Å². The Morgan fingerprint density at radius 1 is 1.00 bits per heavy atom. The molecule has 0 aliphatic heterocycles. The monoisotopic (exact) mass is 383 g/mol.